The maximum absolute atomic E-state index is 12.1. The van der Waals surface area contributed by atoms with Gasteiger partial charge in [-0.25, -0.2) is 8.78 Å². The molecule has 0 saturated heterocycles. The summed E-state index contributed by atoms with van der Waals surface area (Å²) in [5.41, 5.74) is 5.02. The van der Waals surface area contributed by atoms with E-state index in [9.17, 15) is 8.78 Å². The van der Waals surface area contributed by atoms with Gasteiger partial charge in [-0.1, -0.05) is 6.92 Å². The summed E-state index contributed by atoms with van der Waals surface area (Å²) in [4.78, 5) is 0. The van der Waals surface area contributed by atoms with Crippen molar-refractivity contribution >= 4 is 0 Å². The molecule has 0 bridgehead atoms. The third kappa shape index (κ3) is 0.540. The Kier molecular flexibility index (Phi) is 1.05. The van der Waals surface area contributed by atoms with E-state index in [0.717, 1.165) is 0 Å². The smallest absolute Gasteiger partial charge is 0.255 e. The van der Waals surface area contributed by atoms with E-state index in [-0.39, 0.29) is 6.54 Å². The molecule has 0 radical (unpaired) electrons. The summed E-state index contributed by atoms with van der Waals surface area (Å²) in [6.07, 6.45) is 0. The van der Waals surface area contributed by atoms with Crippen molar-refractivity contribution in [1.29, 1.82) is 0 Å². The number of nitrogens with two attached hydrogens (primary N) is 1. The average Bonchev–Trinajstić information content (AvgIpc) is 2.09. The zero-order valence-electron chi connectivity index (χ0n) is 4.70. The second kappa shape index (κ2) is 1.41. The van der Waals surface area contributed by atoms with E-state index in [1.54, 1.807) is 0 Å². The van der Waals surface area contributed by atoms with E-state index in [0.29, 0.717) is 0 Å². The molecule has 1 saturated carbocycles. The highest BCUT2D eigenvalue weighted by Crippen LogP contribution is 2.53. The SMILES string of the molecule is C[C@@H]1[C@H](CN)C1(F)F. The summed E-state index contributed by atoms with van der Waals surface area (Å²) in [6.45, 7) is 1.64. The first-order valence-electron chi connectivity index (χ1n) is 2.68. The molecule has 1 rings (SSSR count). The minimum absolute atomic E-state index is 0.119. The second-order valence-electron chi connectivity index (χ2n) is 2.31. The molecule has 48 valence electrons. The van der Waals surface area contributed by atoms with Crippen LogP contribution in [-0.2, 0) is 0 Å². The van der Waals surface area contributed by atoms with Crippen LogP contribution < -0.4 is 5.73 Å². The van der Waals surface area contributed by atoms with Gasteiger partial charge in [0.1, 0.15) is 0 Å². The fourth-order valence-corrected chi connectivity index (χ4v) is 0.921. The monoisotopic (exact) mass is 121 g/mol. The lowest BCUT2D eigenvalue weighted by Crippen LogP contribution is -2.06. The summed E-state index contributed by atoms with van der Waals surface area (Å²) in [6, 6.07) is 0. The quantitative estimate of drug-likeness (QED) is 0.546. The number of hydrogen-bond acceptors (Lipinski definition) is 1. The van der Waals surface area contributed by atoms with Gasteiger partial charge < -0.3 is 5.73 Å². The van der Waals surface area contributed by atoms with Crippen LogP contribution in [0.25, 0.3) is 0 Å². The highest BCUT2D eigenvalue weighted by Gasteiger charge is 2.64. The molecule has 1 fully saturated rings. The van der Waals surface area contributed by atoms with Crippen molar-refractivity contribution in [1.82, 2.24) is 0 Å². The molecule has 1 nitrogen and oxygen atoms in total. The third-order valence-corrected chi connectivity index (χ3v) is 1.85. The molecule has 0 aliphatic heterocycles. The van der Waals surface area contributed by atoms with E-state index < -0.39 is 17.8 Å². The van der Waals surface area contributed by atoms with Gasteiger partial charge in [0.25, 0.3) is 5.92 Å². The average molecular weight is 121 g/mol. The van der Waals surface area contributed by atoms with E-state index in [2.05, 4.69) is 0 Å². The minimum Gasteiger partial charge on any atom is -0.330 e. The molecule has 2 atom stereocenters. The second-order valence-corrected chi connectivity index (χ2v) is 2.31. The molecular weight excluding hydrogens is 112 g/mol. The van der Waals surface area contributed by atoms with Gasteiger partial charge in [0.05, 0.1) is 0 Å². The highest BCUT2D eigenvalue weighted by molar-refractivity contribution is 5.02. The summed E-state index contributed by atoms with van der Waals surface area (Å²) in [5.74, 6) is -3.47. The van der Waals surface area contributed by atoms with Crippen LogP contribution in [0.2, 0.25) is 0 Å². The van der Waals surface area contributed by atoms with Gasteiger partial charge in [-0.3, -0.25) is 0 Å². The molecule has 0 aromatic rings. The van der Waals surface area contributed by atoms with E-state index >= 15 is 0 Å². The Hall–Kier alpha value is -0.180. The Bertz CT molecular complexity index is 103. The molecule has 0 aromatic heterocycles. The summed E-state index contributed by atoms with van der Waals surface area (Å²) in [5, 5.41) is 0. The lowest BCUT2D eigenvalue weighted by Gasteiger charge is -1.87. The maximum atomic E-state index is 12.1. The van der Waals surface area contributed by atoms with Gasteiger partial charge in [-0.15, -0.1) is 0 Å². The fraction of sp³-hybridized carbons (Fsp3) is 1.00. The van der Waals surface area contributed by atoms with Crippen molar-refractivity contribution in [2.24, 2.45) is 17.6 Å². The van der Waals surface area contributed by atoms with Crippen molar-refractivity contribution < 1.29 is 8.78 Å². The van der Waals surface area contributed by atoms with Crippen molar-refractivity contribution in [3.8, 4) is 0 Å². The Morgan fingerprint density at radius 3 is 2.00 bits per heavy atom. The number of alkyl halides is 2. The van der Waals surface area contributed by atoms with Gasteiger partial charge in [0.15, 0.2) is 0 Å². The number of hydrogen-bond donors (Lipinski definition) is 1. The van der Waals surface area contributed by atoms with E-state index in [4.69, 9.17) is 5.73 Å². The molecule has 3 heteroatoms. The zero-order valence-corrected chi connectivity index (χ0v) is 4.70. The van der Waals surface area contributed by atoms with Crippen molar-refractivity contribution in [2.45, 2.75) is 12.8 Å². The van der Waals surface area contributed by atoms with Crippen molar-refractivity contribution in [3.63, 3.8) is 0 Å². The normalized spacial score (nSPS) is 42.0. The molecule has 8 heavy (non-hydrogen) atoms. The van der Waals surface area contributed by atoms with Crippen LogP contribution >= 0.6 is 0 Å². The van der Waals surface area contributed by atoms with E-state index in [1.807, 2.05) is 0 Å². The first kappa shape index (κ1) is 5.95. The molecule has 0 spiro atoms. The van der Waals surface area contributed by atoms with E-state index in [1.165, 1.54) is 6.92 Å². The lowest BCUT2D eigenvalue weighted by molar-refractivity contribution is 0.0878. The van der Waals surface area contributed by atoms with Crippen molar-refractivity contribution in [2.75, 3.05) is 6.54 Å². The molecule has 0 unspecified atom stereocenters. The Labute approximate surface area is 46.9 Å². The van der Waals surface area contributed by atoms with Crippen LogP contribution in [0.1, 0.15) is 6.92 Å². The summed E-state index contributed by atoms with van der Waals surface area (Å²) < 4.78 is 24.2. The molecule has 0 heterocycles. The Balaban J connectivity index is 2.45. The van der Waals surface area contributed by atoms with Crippen LogP contribution in [0.15, 0.2) is 0 Å². The summed E-state index contributed by atoms with van der Waals surface area (Å²) in [7, 11) is 0. The maximum Gasteiger partial charge on any atom is 0.255 e. The standard InChI is InChI=1S/C5H9F2N/c1-3-4(2-8)5(3,6)7/h3-4H,2,8H2,1H3/t3-,4+/m1/s1. The first-order chi connectivity index (χ1) is 3.60. The number of halogens is 2. The molecule has 2 N–H and O–H groups in total. The molecular formula is C5H9F2N. The number of rotatable bonds is 1. The third-order valence-electron chi connectivity index (χ3n) is 1.85. The molecule has 1 aliphatic carbocycles. The van der Waals surface area contributed by atoms with Gasteiger partial charge in [0, 0.05) is 18.4 Å². The predicted octanol–water partition coefficient (Wildman–Crippen LogP) is 0.846. The molecule has 0 amide bonds. The van der Waals surface area contributed by atoms with Crippen LogP contribution in [0.3, 0.4) is 0 Å². The first-order valence-corrected chi connectivity index (χ1v) is 2.68. The minimum atomic E-state index is -2.45. The van der Waals surface area contributed by atoms with Crippen LogP contribution in [-0.4, -0.2) is 12.5 Å². The van der Waals surface area contributed by atoms with Gasteiger partial charge in [0.2, 0.25) is 0 Å². The molecule has 0 aromatic carbocycles. The fourth-order valence-electron chi connectivity index (χ4n) is 0.921. The Morgan fingerprint density at radius 2 is 2.00 bits per heavy atom. The topological polar surface area (TPSA) is 26.0 Å². The van der Waals surface area contributed by atoms with Crippen LogP contribution in [0, 0.1) is 11.8 Å². The van der Waals surface area contributed by atoms with Gasteiger partial charge >= 0.3 is 0 Å². The van der Waals surface area contributed by atoms with Crippen molar-refractivity contribution in [3.05, 3.63) is 0 Å². The lowest BCUT2D eigenvalue weighted by atomic mass is 10.3. The molecule has 1 aliphatic rings. The highest BCUT2D eigenvalue weighted by atomic mass is 19.3. The predicted molar refractivity (Wildman–Crippen MR) is 26.7 cm³/mol. The van der Waals surface area contributed by atoms with Gasteiger partial charge in [-0.2, -0.15) is 0 Å². The largest absolute Gasteiger partial charge is 0.330 e. The van der Waals surface area contributed by atoms with Crippen LogP contribution in [0.4, 0.5) is 8.78 Å². The van der Waals surface area contributed by atoms with Gasteiger partial charge in [-0.05, 0) is 0 Å². The summed E-state index contributed by atoms with van der Waals surface area (Å²) >= 11 is 0. The van der Waals surface area contributed by atoms with Crippen LogP contribution in [0.5, 0.6) is 0 Å². The zero-order chi connectivity index (χ0) is 6.36. The Morgan fingerprint density at radius 1 is 1.62 bits per heavy atom.